The van der Waals surface area contributed by atoms with E-state index < -0.39 is 0 Å². The highest BCUT2D eigenvalue weighted by atomic mass is 14.1. The molecule has 0 spiro atoms. The van der Waals surface area contributed by atoms with E-state index in [9.17, 15) is 0 Å². The van der Waals surface area contributed by atoms with E-state index in [1.807, 2.05) is 0 Å². The second-order valence-electron chi connectivity index (χ2n) is 2.66. The maximum atomic E-state index is 2.29. The Labute approximate surface area is 57.3 Å². The summed E-state index contributed by atoms with van der Waals surface area (Å²) in [5.74, 6) is 0.792. The summed E-state index contributed by atoms with van der Waals surface area (Å²) < 4.78 is 0. The molecule has 1 aliphatic carbocycles. The van der Waals surface area contributed by atoms with Crippen LogP contribution in [0, 0.1) is 5.92 Å². The first kappa shape index (κ1) is 6.60. The van der Waals surface area contributed by atoms with Crippen LogP contribution < -0.4 is 0 Å². The third-order valence-corrected chi connectivity index (χ3v) is 1.98. The molecule has 0 fully saturated rings. The van der Waals surface area contributed by atoms with E-state index in [1.165, 1.54) is 12.8 Å². The van der Waals surface area contributed by atoms with Crippen LogP contribution in [0.15, 0.2) is 23.8 Å². The third-order valence-electron chi connectivity index (χ3n) is 1.98. The molecule has 0 aromatic rings. The molecule has 0 aliphatic heterocycles. The highest BCUT2D eigenvalue weighted by Crippen LogP contribution is 2.21. The van der Waals surface area contributed by atoms with Crippen molar-refractivity contribution in [3.8, 4) is 0 Å². The van der Waals surface area contributed by atoms with Gasteiger partial charge in [0.05, 0.1) is 0 Å². The molecule has 50 valence electrons. The summed E-state index contributed by atoms with van der Waals surface area (Å²) in [6.07, 6.45) is 9.10. The molecule has 0 N–H and O–H groups in total. The Morgan fingerprint density at radius 1 is 1.67 bits per heavy atom. The maximum Gasteiger partial charge on any atom is -0.0194 e. The van der Waals surface area contributed by atoms with Gasteiger partial charge in [-0.05, 0) is 18.8 Å². The Kier molecular flexibility index (Phi) is 2.10. The lowest BCUT2D eigenvalue weighted by atomic mass is 9.92. The number of rotatable bonds is 1. The Morgan fingerprint density at radius 3 is 2.89 bits per heavy atom. The van der Waals surface area contributed by atoms with E-state index in [4.69, 9.17) is 0 Å². The molecule has 1 rings (SSSR count). The molecule has 1 atom stereocenters. The zero-order chi connectivity index (χ0) is 6.69. The molecule has 0 aromatic carbocycles. The van der Waals surface area contributed by atoms with Crippen molar-refractivity contribution < 1.29 is 0 Å². The smallest absolute Gasteiger partial charge is 0.0194 e. The Bertz CT molecular complexity index is 140. The minimum atomic E-state index is 0.792. The van der Waals surface area contributed by atoms with Crippen molar-refractivity contribution in [2.24, 2.45) is 5.92 Å². The van der Waals surface area contributed by atoms with Crippen molar-refractivity contribution in [3.05, 3.63) is 23.8 Å². The third kappa shape index (κ3) is 1.44. The van der Waals surface area contributed by atoms with Crippen molar-refractivity contribution >= 4 is 0 Å². The van der Waals surface area contributed by atoms with Gasteiger partial charge in [-0.2, -0.15) is 0 Å². The summed E-state index contributed by atoms with van der Waals surface area (Å²) >= 11 is 0. The van der Waals surface area contributed by atoms with Gasteiger partial charge < -0.3 is 0 Å². The van der Waals surface area contributed by atoms with Crippen molar-refractivity contribution in [2.45, 2.75) is 26.7 Å². The summed E-state index contributed by atoms with van der Waals surface area (Å²) in [6.45, 7) is 4.51. The van der Waals surface area contributed by atoms with E-state index in [2.05, 4.69) is 32.1 Å². The van der Waals surface area contributed by atoms with E-state index in [1.54, 1.807) is 5.57 Å². The van der Waals surface area contributed by atoms with Crippen LogP contribution in [-0.4, -0.2) is 0 Å². The van der Waals surface area contributed by atoms with Gasteiger partial charge in [0, 0.05) is 0 Å². The molecule has 0 aromatic heterocycles. The van der Waals surface area contributed by atoms with Crippen molar-refractivity contribution in [2.75, 3.05) is 0 Å². The summed E-state index contributed by atoms with van der Waals surface area (Å²) in [7, 11) is 0. The molecule has 0 saturated carbocycles. The normalized spacial score (nSPS) is 26.0. The SMILES string of the molecule is CCC1=CC=CC[C@H]1C. The fraction of sp³-hybridized carbons (Fsp3) is 0.556. The number of allylic oxidation sites excluding steroid dienone is 4. The zero-order valence-corrected chi connectivity index (χ0v) is 6.22. The van der Waals surface area contributed by atoms with Crippen LogP contribution >= 0.6 is 0 Å². The van der Waals surface area contributed by atoms with E-state index in [-0.39, 0.29) is 0 Å². The van der Waals surface area contributed by atoms with Crippen LogP contribution in [0.4, 0.5) is 0 Å². The molecular formula is C9H14. The summed E-state index contributed by atoms with van der Waals surface area (Å²) in [4.78, 5) is 0. The average Bonchev–Trinajstić information content (AvgIpc) is 1.89. The molecule has 0 nitrogen and oxygen atoms in total. The lowest BCUT2D eigenvalue weighted by Gasteiger charge is -2.14. The van der Waals surface area contributed by atoms with Crippen LogP contribution in [0.5, 0.6) is 0 Å². The van der Waals surface area contributed by atoms with Gasteiger partial charge in [-0.15, -0.1) is 0 Å². The molecule has 0 heteroatoms. The molecule has 0 amide bonds. The topological polar surface area (TPSA) is 0 Å². The molecule has 0 unspecified atom stereocenters. The monoisotopic (exact) mass is 122 g/mol. The lowest BCUT2D eigenvalue weighted by Crippen LogP contribution is -1.99. The van der Waals surface area contributed by atoms with Gasteiger partial charge in [0.25, 0.3) is 0 Å². The first-order valence-corrected chi connectivity index (χ1v) is 3.70. The standard InChI is InChI=1S/C9H14/c1-3-9-7-5-4-6-8(9)2/h4-5,7-8H,3,6H2,1-2H3/t8-/m1/s1. The molecule has 0 bridgehead atoms. The van der Waals surface area contributed by atoms with Gasteiger partial charge in [-0.3, -0.25) is 0 Å². The van der Waals surface area contributed by atoms with E-state index in [0.29, 0.717) is 0 Å². The fourth-order valence-electron chi connectivity index (χ4n) is 1.26. The zero-order valence-electron chi connectivity index (χ0n) is 6.22. The number of hydrogen-bond donors (Lipinski definition) is 0. The molecule has 9 heavy (non-hydrogen) atoms. The summed E-state index contributed by atoms with van der Waals surface area (Å²) in [5, 5.41) is 0. The highest BCUT2D eigenvalue weighted by Gasteiger charge is 2.05. The summed E-state index contributed by atoms with van der Waals surface area (Å²) in [6, 6.07) is 0. The van der Waals surface area contributed by atoms with Gasteiger partial charge in [0.2, 0.25) is 0 Å². The maximum absolute atomic E-state index is 2.29. The van der Waals surface area contributed by atoms with Gasteiger partial charge in [-0.1, -0.05) is 37.6 Å². The Morgan fingerprint density at radius 2 is 2.44 bits per heavy atom. The van der Waals surface area contributed by atoms with E-state index >= 15 is 0 Å². The van der Waals surface area contributed by atoms with Crippen LogP contribution in [0.3, 0.4) is 0 Å². The van der Waals surface area contributed by atoms with Crippen LogP contribution in [0.1, 0.15) is 26.7 Å². The first-order valence-electron chi connectivity index (χ1n) is 3.70. The van der Waals surface area contributed by atoms with Crippen molar-refractivity contribution in [1.82, 2.24) is 0 Å². The second kappa shape index (κ2) is 2.86. The molecule has 0 heterocycles. The summed E-state index contributed by atoms with van der Waals surface area (Å²) in [5.41, 5.74) is 1.59. The Hall–Kier alpha value is -0.520. The van der Waals surface area contributed by atoms with Gasteiger partial charge in [-0.25, -0.2) is 0 Å². The molecule has 0 saturated heterocycles. The lowest BCUT2D eigenvalue weighted by molar-refractivity contribution is 0.660. The first-order chi connectivity index (χ1) is 4.34. The number of hydrogen-bond acceptors (Lipinski definition) is 0. The second-order valence-corrected chi connectivity index (χ2v) is 2.66. The van der Waals surface area contributed by atoms with Crippen LogP contribution in [0.2, 0.25) is 0 Å². The minimum Gasteiger partial charge on any atom is -0.0840 e. The van der Waals surface area contributed by atoms with Crippen molar-refractivity contribution in [1.29, 1.82) is 0 Å². The predicted molar refractivity (Wildman–Crippen MR) is 41.3 cm³/mol. The van der Waals surface area contributed by atoms with Gasteiger partial charge in [0.15, 0.2) is 0 Å². The van der Waals surface area contributed by atoms with Crippen LogP contribution in [-0.2, 0) is 0 Å². The minimum absolute atomic E-state index is 0.792. The average molecular weight is 122 g/mol. The van der Waals surface area contributed by atoms with Crippen LogP contribution in [0.25, 0.3) is 0 Å². The van der Waals surface area contributed by atoms with Gasteiger partial charge >= 0.3 is 0 Å². The quantitative estimate of drug-likeness (QED) is 0.501. The molecule has 0 radical (unpaired) electrons. The Balaban J connectivity index is 2.63. The van der Waals surface area contributed by atoms with Gasteiger partial charge in [0.1, 0.15) is 0 Å². The molecule has 1 aliphatic rings. The predicted octanol–water partition coefficient (Wildman–Crippen LogP) is 2.92. The molecular weight excluding hydrogens is 108 g/mol. The fourth-order valence-corrected chi connectivity index (χ4v) is 1.26. The van der Waals surface area contributed by atoms with Crippen molar-refractivity contribution in [3.63, 3.8) is 0 Å². The largest absolute Gasteiger partial charge is 0.0840 e. The van der Waals surface area contributed by atoms with E-state index in [0.717, 1.165) is 5.92 Å². The highest BCUT2D eigenvalue weighted by molar-refractivity contribution is 5.19.